The smallest absolute Gasteiger partial charge is 0.243 e. The van der Waals surface area contributed by atoms with Gasteiger partial charge in [-0.2, -0.15) is 0 Å². The van der Waals surface area contributed by atoms with E-state index >= 15 is 0 Å². The van der Waals surface area contributed by atoms with Gasteiger partial charge in [-0.3, -0.25) is 13.9 Å². The molecule has 1 N–H and O–H groups in total. The topological polar surface area (TPSA) is 96.0 Å². The number of halogens is 2. The summed E-state index contributed by atoms with van der Waals surface area (Å²) >= 11 is 12.4. The standard InChI is InChI=1S/C27H37Cl2N3O5S/c1-6-19(3)30-27(34)23(7-2)31(18-20-14-15-21(28)17-22(20)29)26(33)13-10-16-32(38(5,35)36)24-11-8-9-12-25(24)37-4/h8-9,11-12,14-15,17,19,23H,6-7,10,13,16,18H2,1-5H3,(H,30,34). The van der Waals surface area contributed by atoms with Crippen LogP contribution in [-0.4, -0.2) is 57.1 Å². The molecule has 2 rings (SSSR count). The molecule has 8 nitrogen and oxygen atoms in total. The van der Waals surface area contributed by atoms with Crippen molar-refractivity contribution in [2.24, 2.45) is 0 Å². The first-order valence-corrected chi connectivity index (χ1v) is 15.2. The summed E-state index contributed by atoms with van der Waals surface area (Å²) in [4.78, 5) is 28.2. The minimum Gasteiger partial charge on any atom is -0.495 e. The number of rotatable bonds is 14. The molecule has 0 aromatic heterocycles. The van der Waals surface area contributed by atoms with Crippen molar-refractivity contribution in [2.75, 3.05) is 24.2 Å². The molecule has 0 bridgehead atoms. The molecule has 2 aromatic rings. The summed E-state index contributed by atoms with van der Waals surface area (Å²) in [6.07, 6.45) is 2.53. The number of ether oxygens (including phenoxy) is 1. The van der Waals surface area contributed by atoms with Crippen molar-refractivity contribution in [2.45, 2.75) is 65.1 Å². The Bertz CT molecular complexity index is 1210. The van der Waals surface area contributed by atoms with Crippen LogP contribution in [0.2, 0.25) is 10.0 Å². The zero-order chi connectivity index (χ0) is 28.5. The average Bonchev–Trinajstić information content (AvgIpc) is 2.86. The number of hydrogen-bond donors (Lipinski definition) is 1. The van der Waals surface area contributed by atoms with Gasteiger partial charge in [0.2, 0.25) is 21.8 Å². The second-order valence-corrected chi connectivity index (χ2v) is 11.9. The fourth-order valence-corrected chi connectivity index (χ4v) is 5.45. The van der Waals surface area contributed by atoms with Crippen LogP contribution < -0.4 is 14.4 Å². The van der Waals surface area contributed by atoms with E-state index in [1.807, 2.05) is 20.8 Å². The van der Waals surface area contributed by atoms with Gasteiger partial charge in [-0.25, -0.2) is 8.42 Å². The maximum atomic E-state index is 13.6. The second kappa shape index (κ2) is 14.6. The van der Waals surface area contributed by atoms with E-state index in [4.69, 9.17) is 27.9 Å². The number of nitrogens with one attached hydrogen (secondary N) is 1. The third-order valence-corrected chi connectivity index (χ3v) is 8.02. The first kappa shape index (κ1) is 31.7. The molecule has 2 atom stereocenters. The van der Waals surface area contributed by atoms with Gasteiger partial charge in [-0.05, 0) is 56.0 Å². The van der Waals surface area contributed by atoms with Gasteiger partial charge in [0.1, 0.15) is 11.8 Å². The summed E-state index contributed by atoms with van der Waals surface area (Å²) in [6, 6.07) is 11.1. The zero-order valence-electron chi connectivity index (χ0n) is 22.5. The molecule has 2 aromatic carbocycles. The molecule has 0 fully saturated rings. The van der Waals surface area contributed by atoms with Crippen LogP contribution in [0.3, 0.4) is 0 Å². The van der Waals surface area contributed by atoms with Crippen molar-refractivity contribution in [3.05, 3.63) is 58.1 Å². The molecule has 2 amide bonds. The third-order valence-electron chi connectivity index (χ3n) is 6.25. The number of hydrogen-bond acceptors (Lipinski definition) is 5. The van der Waals surface area contributed by atoms with Crippen LogP contribution in [0.1, 0.15) is 52.0 Å². The lowest BCUT2D eigenvalue weighted by Gasteiger charge is -2.32. The molecule has 11 heteroatoms. The van der Waals surface area contributed by atoms with E-state index in [9.17, 15) is 18.0 Å². The third kappa shape index (κ3) is 8.78. The van der Waals surface area contributed by atoms with E-state index in [-0.39, 0.29) is 43.8 Å². The number of anilines is 1. The summed E-state index contributed by atoms with van der Waals surface area (Å²) in [5, 5.41) is 3.83. The van der Waals surface area contributed by atoms with E-state index in [0.717, 1.165) is 12.7 Å². The Labute approximate surface area is 236 Å². The molecule has 210 valence electrons. The maximum absolute atomic E-state index is 13.6. The minimum absolute atomic E-state index is 0.0273. The normalized spacial score (nSPS) is 12.9. The Kier molecular flexibility index (Phi) is 12.2. The Balaban J connectivity index is 2.29. The van der Waals surface area contributed by atoms with E-state index in [0.29, 0.717) is 33.5 Å². The van der Waals surface area contributed by atoms with Crippen molar-refractivity contribution in [3.63, 3.8) is 0 Å². The lowest BCUT2D eigenvalue weighted by Crippen LogP contribution is -2.50. The summed E-state index contributed by atoms with van der Waals surface area (Å²) in [5.74, 6) is -0.112. The van der Waals surface area contributed by atoms with Crippen LogP contribution in [-0.2, 0) is 26.2 Å². The molecule has 0 aliphatic rings. The molecule has 0 spiro atoms. The van der Waals surface area contributed by atoms with Crippen molar-refractivity contribution in [1.29, 1.82) is 0 Å². The molecule has 0 heterocycles. The van der Waals surface area contributed by atoms with Gasteiger partial charge in [-0.1, -0.05) is 55.2 Å². The minimum atomic E-state index is -3.64. The number of carbonyl (C=O) groups is 2. The van der Waals surface area contributed by atoms with Crippen molar-refractivity contribution in [3.8, 4) is 5.75 Å². The molecule has 0 aliphatic heterocycles. The molecule has 38 heavy (non-hydrogen) atoms. The highest BCUT2D eigenvalue weighted by molar-refractivity contribution is 7.92. The van der Waals surface area contributed by atoms with Crippen LogP contribution in [0, 0.1) is 0 Å². The number of methoxy groups -OCH3 is 1. The van der Waals surface area contributed by atoms with Crippen molar-refractivity contribution >= 4 is 50.7 Å². The van der Waals surface area contributed by atoms with Crippen molar-refractivity contribution < 1.29 is 22.7 Å². The highest BCUT2D eigenvalue weighted by Crippen LogP contribution is 2.30. The highest BCUT2D eigenvalue weighted by atomic mass is 35.5. The quantitative estimate of drug-likeness (QED) is 0.326. The van der Waals surface area contributed by atoms with Gasteiger partial charge in [-0.15, -0.1) is 0 Å². The van der Waals surface area contributed by atoms with Gasteiger partial charge in [0, 0.05) is 35.6 Å². The van der Waals surface area contributed by atoms with E-state index in [1.54, 1.807) is 42.5 Å². The fraction of sp³-hybridized carbons (Fsp3) is 0.481. The van der Waals surface area contributed by atoms with Crippen LogP contribution in [0.4, 0.5) is 5.69 Å². The lowest BCUT2D eigenvalue weighted by molar-refractivity contribution is -0.141. The molecule has 2 unspecified atom stereocenters. The Morgan fingerprint density at radius 2 is 1.76 bits per heavy atom. The number of sulfonamides is 1. The van der Waals surface area contributed by atoms with Crippen molar-refractivity contribution in [1.82, 2.24) is 10.2 Å². The Morgan fingerprint density at radius 1 is 1.08 bits per heavy atom. The lowest BCUT2D eigenvalue weighted by atomic mass is 10.1. The van der Waals surface area contributed by atoms with Crippen LogP contribution >= 0.6 is 23.2 Å². The first-order chi connectivity index (χ1) is 17.9. The van der Waals surface area contributed by atoms with E-state index in [1.165, 1.54) is 16.3 Å². The zero-order valence-corrected chi connectivity index (χ0v) is 24.9. The van der Waals surface area contributed by atoms with Crippen LogP contribution in [0.15, 0.2) is 42.5 Å². The van der Waals surface area contributed by atoms with E-state index in [2.05, 4.69) is 5.32 Å². The van der Waals surface area contributed by atoms with Gasteiger partial charge in [0.05, 0.1) is 19.1 Å². The van der Waals surface area contributed by atoms with Gasteiger partial charge in [0.25, 0.3) is 0 Å². The monoisotopic (exact) mass is 585 g/mol. The average molecular weight is 587 g/mol. The predicted octanol–water partition coefficient (Wildman–Crippen LogP) is 5.27. The summed E-state index contributed by atoms with van der Waals surface area (Å²) in [7, 11) is -2.17. The molecule has 0 saturated carbocycles. The van der Waals surface area contributed by atoms with Crippen LogP contribution in [0.5, 0.6) is 5.75 Å². The van der Waals surface area contributed by atoms with Crippen LogP contribution in [0.25, 0.3) is 0 Å². The number of benzene rings is 2. The fourth-order valence-electron chi connectivity index (χ4n) is 4.01. The number of carbonyl (C=O) groups excluding carboxylic acids is 2. The maximum Gasteiger partial charge on any atom is 0.243 e. The number of nitrogens with zero attached hydrogens (tertiary/aromatic N) is 2. The summed E-state index contributed by atoms with van der Waals surface area (Å²) in [5.41, 5.74) is 1.06. The van der Waals surface area contributed by atoms with Gasteiger partial charge in [0.15, 0.2) is 0 Å². The summed E-state index contributed by atoms with van der Waals surface area (Å²) in [6.45, 7) is 5.90. The second-order valence-electron chi connectivity index (χ2n) is 9.11. The number of amides is 2. The molecule has 0 radical (unpaired) electrons. The predicted molar refractivity (Wildman–Crippen MR) is 153 cm³/mol. The SMILES string of the molecule is CCC(C)NC(=O)C(CC)N(Cc1ccc(Cl)cc1Cl)C(=O)CCCN(c1ccccc1OC)S(C)(=O)=O. The molecule has 0 saturated heterocycles. The highest BCUT2D eigenvalue weighted by Gasteiger charge is 2.30. The Morgan fingerprint density at radius 3 is 2.34 bits per heavy atom. The van der Waals surface area contributed by atoms with Gasteiger partial charge < -0.3 is 15.0 Å². The number of para-hydroxylation sites is 2. The summed E-state index contributed by atoms with van der Waals surface area (Å²) < 4.78 is 31.7. The molecule has 0 aliphatic carbocycles. The molecular weight excluding hydrogens is 549 g/mol. The van der Waals surface area contributed by atoms with E-state index < -0.39 is 16.1 Å². The van der Waals surface area contributed by atoms with Gasteiger partial charge >= 0.3 is 0 Å². The largest absolute Gasteiger partial charge is 0.495 e. The first-order valence-electron chi connectivity index (χ1n) is 12.6. The molecular formula is C27H37Cl2N3O5S. The Hall–Kier alpha value is -2.49.